The van der Waals surface area contributed by atoms with Gasteiger partial charge in [-0.25, -0.2) is 14.3 Å². The highest BCUT2D eigenvalue weighted by Crippen LogP contribution is 2.34. The van der Waals surface area contributed by atoms with Crippen molar-refractivity contribution >= 4 is 17.5 Å². The molecule has 7 nitrogen and oxygen atoms in total. The Labute approximate surface area is 173 Å². The first kappa shape index (κ1) is 20.0. The van der Waals surface area contributed by atoms with Crippen molar-refractivity contribution in [3.8, 4) is 23.1 Å². The normalized spacial score (nSPS) is 13.9. The fourth-order valence-corrected chi connectivity index (χ4v) is 3.25. The number of carbonyl (C=O) groups excluding carboxylic acids is 1. The Morgan fingerprint density at radius 1 is 1.37 bits per heavy atom. The van der Waals surface area contributed by atoms with Crippen molar-refractivity contribution in [1.29, 1.82) is 5.26 Å². The van der Waals surface area contributed by atoms with Crippen LogP contribution in [0.5, 0.6) is 0 Å². The van der Waals surface area contributed by atoms with Gasteiger partial charge in [-0.15, -0.1) is 0 Å². The molecule has 3 aromatic rings. The molecule has 1 saturated carbocycles. The molecule has 0 spiro atoms. The molecule has 0 N–H and O–H groups in total. The van der Waals surface area contributed by atoms with Crippen LogP contribution >= 0.6 is 11.6 Å². The molecule has 2 aromatic heterocycles. The standard InChI is InChI=1S/C19H13ClF3N6O/c1-27-17(15(8-25-27)19(21,22)23)29-9-12(7-26-29)11-2-5-16(20)14(6-11)18(30)28(10-24)13-3-4-13/h2,5-7,9,13H,3-4H2,1H3. The van der Waals surface area contributed by atoms with Crippen molar-refractivity contribution in [2.24, 2.45) is 7.05 Å². The Morgan fingerprint density at radius 2 is 2.10 bits per heavy atom. The molecule has 1 radical (unpaired) electrons. The maximum Gasteiger partial charge on any atom is 0.422 e. The van der Waals surface area contributed by atoms with Gasteiger partial charge in [0.05, 0.1) is 16.8 Å². The van der Waals surface area contributed by atoms with Gasteiger partial charge in [-0.3, -0.25) is 4.79 Å². The number of nitriles is 1. The lowest BCUT2D eigenvalue weighted by atomic mass is 10.1. The van der Waals surface area contributed by atoms with E-state index in [-0.39, 0.29) is 22.4 Å². The molecule has 1 aliphatic rings. The molecule has 1 amide bonds. The van der Waals surface area contributed by atoms with Gasteiger partial charge in [0, 0.05) is 24.8 Å². The first-order valence-electron chi connectivity index (χ1n) is 8.81. The molecule has 0 bridgehead atoms. The van der Waals surface area contributed by atoms with Crippen molar-refractivity contribution in [2.75, 3.05) is 0 Å². The summed E-state index contributed by atoms with van der Waals surface area (Å²) in [6.45, 7) is 0. The number of alkyl halides is 3. The molecule has 1 aliphatic carbocycles. The highest BCUT2D eigenvalue weighted by molar-refractivity contribution is 6.34. The molecule has 4 rings (SSSR count). The van der Waals surface area contributed by atoms with Crippen LogP contribution in [0, 0.1) is 17.7 Å². The Bertz CT molecular complexity index is 1170. The van der Waals surface area contributed by atoms with E-state index in [1.165, 1.54) is 31.6 Å². The lowest BCUT2D eigenvalue weighted by Crippen LogP contribution is -2.28. The highest BCUT2D eigenvalue weighted by Gasteiger charge is 2.38. The Morgan fingerprint density at radius 3 is 2.73 bits per heavy atom. The fourth-order valence-electron chi connectivity index (χ4n) is 3.05. The van der Waals surface area contributed by atoms with Crippen molar-refractivity contribution in [3.63, 3.8) is 0 Å². The van der Waals surface area contributed by atoms with E-state index in [0.29, 0.717) is 11.1 Å². The summed E-state index contributed by atoms with van der Waals surface area (Å²) >= 11 is 6.16. The number of aromatic nitrogens is 4. The molecule has 30 heavy (non-hydrogen) atoms. The Hall–Kier alpha value is -3.32. The van der Waals surface area contributed by atoms with Crippen LogP contribution in [0.15, 0.2) is 30.6 Å². The molecule has 0 aliphatic heterocycles. The Balaban J connectivity index is 1.71. The van der Waals surface area contributed by atoms with E-state index in [9.17, 15) is 23.2 Å². The zero-order chi connectivity index (χ0) is 21.6. The van der Waals surface area contributed by atoms with Gasteiger partial charge in [-0.1, -0.05) is 17.7 Å². The number of rotatable bonds is 4. The highest BCUT2D eigenvalue weighted by atomic mass is 35.5. The van der Waals surface area contributed by atoms with Crippen LogP contribution < -0.4 is 0 Å². The van der Waals surface area contributed by atoms with Crippen LogP contribution in [-0.4, -0.2) is 36.4 Å². The number of carbonyl (C=O) groups is 1. The smallest absolute Gasteiger partial charge is 0.268 e. The van der Waals surface area contributed by atoms with Crippen LogP contribution in [0.2, 0.25) is 5.02 Å². The minimum atomic E-state index is -4.64. The Kier molecular flexibility index (Phi) is 4.78. The predicted octanol–water partition coefficient (Wildman–Crippen LogP) is 3.83. The van der Waals surface area contributed by atoms with Gasteiger partial charge in [-0.2, -0.15) is 28.6 Å². The summed E-state index contributed by atoms with van der Waals surface area (Å²) in [4.78, 5) is 13.8. The first-order chi connectivity index (χ1) is 14.2. The van der Waals surface area contributed by atoms with Crippen LogP contribution in [-0.2, 0) is 13.2 Å². The second kappa shape index (κ2) is 7.18. The van der Waals surface area contributed by atoms with E-state index in [2.05, 4.69) is 10.2 Å². The second-order valence-electron chi connectivity index (χ2n) is 6.81. The van der Waals surface area contributed by atoms with E-state index < -0.39 is 17.6 Å². The third-order valence-corrected chi connectivity index (χ3v) is 5.02. The van der Waals surface area contributed by atoms with Crippen molar-refractivity contribution in [1.82, 2.24) is 24.5 Å². The lowest BCUT2D eigenvalue weighted by molar-refractivity contribution is -0.137. The van der Waals surface area contributed by atoms with Gasteiger partial charge in [-0.05, 0) is 30.5 Å². The summed E-state index contributed by atoms with van der Waals surface area (Å²) in [7, 11) is 1.36. The minimum absolute atomic E-state index is 0.119. The summed E-state index contributed by atoms with van der Waals surface area (Å²) < 4.78 is 41.8. The van der Waals surface area contributed by atoms with Gasteiger partial charge in [0.2, 0.25) is 0 Å². The molecule has 0 unspecified atom stereocenters. The lowest BCUT2D eigenvalue weighted by Gasteiger charge is -2.14. The molecule has 0 atom stereocenters. The van der Waals surface area contributed by atoms with E-state index in [0.717, 1.165) is 27.1 Å². The number of aryl methyl sites for hydroxylation is 1. The molecular formula is C19H13ClF3N6O. The molecule has 153 valence electrons. The van der Waals surface area contributed by atoms with Gasteiger partial charge in [0.25, 0.3) is 5.91 Å². The largest absolute Gasteiger partial charge is 0.422 e. The van der Waals surface area contributed by atoms with E-state index in [4.69, 9.17) is 11.6 Å². The maximum atomic E-state index is 13.2. The van der Waals surface area contributed by atoms with Crippen LogP contribution in [0.3, 0.4) is 0 Å². The molecular weight excluding hydrogens is 421 g/mol. The van der Waals surface area contributed by atoms with Gasteiger partial charge in [0.1, 0.15) is 11.8 Å². The quantitative estimate of drug-likeness (QED) is 0.462. The summed E-state index contributed by atoms with van der Waals surface area (Å²) in [5.41, 5.74) is 0.0771. The fraction of sp³-hybridized carbons (Fsp3) is 0.263. The first-order valence-corrected chi connectivity index (χ1v) is 9.18. The van der Waals surface area contributed by atoms with E-state index >= 15 is 0 Å². The third kappa shape index (κ3) is 3.52. The summed E-state index contributed by atoms with van der Waals surface area (Å²) in [6, 6.07) is 4.50. The summed E-state index contributed by atoms with van der Waals surface area (Å²) in [5, 5.41) is 17.0. The van der Waals surface area contributed by atoms with Crippen molar-refractivity contribution in [3.05, 3.63) is 52.9 Å². The average molecular weight is 434 g/mol. The molecule has 0 saturated heterocycles. The molecule has 2 heterocycles. The number of hydrogen-bond donors (Lipinski definition) is 0. The summed E-state index contributed by atoms with van der Waals surface area (Å²) in [6.07, 6.45) is 3.48. The number of amides is 1. The number of halogens is 4. The topological polar surface area (TPSA) is 79.7 Å². The maximum absolute atomic E-state index is 13.2. The van der Waals surface area contributed by atoms with Crippen LogP contribution in [0.25, 0.3) is 16.9 Å². The summed E-state index contributed by atoms with van der Waals surface area (Å²) in [5.74, 6) is -0.803. The minimum Gasteiger partial charge on any atom is -0.268 e. The zero-order valence-corrected chi connectivity index (χ0v) is 16.2. The molecule has 1 fully saturated rings. The number of benzene rings is 1. The molecule has 11 heteroatoms. The van der Waals surface area contributed by atoms with Crippen molar-refractivity contribution < 1.29 is 18.0 Å². The van der Waals surface area contributed by atoms with Crippen molar-refractivity contribution in [2.45, 2.75) is 25.1 Å². The van der Waals surface area contributed by atoms with E-state index in [1.54, 1.807) is 6.07 Å². The predicted molar refractivity (Wildman–Crippen MR) is 99.4 cm³/mol. The van der Waals surface area contributed by atoms with Crippen LogP contribution in [0.1, 0.15) is 28.8 Å². The second-order valence-corrected chi connectivity index (χ2v) is 7.21. The zero-order valence-electron chi connectivity index (χ0n) is 15.5. The molecule has 1 aromatic carbocycles. The van der Waals surface area contributed by atoms with Crippen LogP contribution in [0.4, 0.5) is 13.2 Å². The third-order valence-electron chi connectivity index (χ3n) is 4.69. The number of hydrogen-bond acceptors (Lipinski definition) is 4. The monoisotopic (exact) mass is 433 g/mol. The number of nitrogens with zero attached hydrogens (tertiary/aromatic N) is 6. The van der Waals surface area contributed by atoms with Gasteiger partial charge in [0.15, 0.2) is 12.0 Å². The van der Waals surface area contributed by atoms with Gasteiger partial charge < -0.3 is 0 Å². The van der Waals surface area contributed by atoms with Gasteiger partial charge >= 0.3 is 6.18 Å². The van der Waals surface area contributed by atoms with E-state index in [1.807, 2.05) is 12.4 Å². The average Bonchev–Trinajstić information content (AvgIpc) is 3.25. The SMILES string of the molecule is Cn1n[c]c(C(F)(F)F)c1-n1cc(-c2ccc(Cl)c(C(=O)N(C#N)C3CC3)c2)cn1.